The molecule has 1 heterocycles. The Kier molecular flexibility index (Phi) is 11.8. The van der Waals surface area contributed by atoms with Crippen LogP contribution in [0.25, 0.3) is 10.6 Å². The maximum atomic E-state index is 14.3. The number of hydrogen-bond acceptors (Lipinski definition) is 6. The average Bonchev–Trinajstić information content (AvgIpc) is 3.54. The number of nitrogens with two attached hydrogens (primary N) is 1. The highest BCUT2D eigenvalue weighted by Crippen LogP contribution is 2.44. The predicted molar refractivity (Wildman–Crippen MR) is 174 cm³/mol. The van der Waals surface area contributed by atoms with Crippen molar-refractivity contribution in [2.45, 2.75) is 59.1 Å². The number of aromatic nitrogens is 1. The van der Waals surface area contributed by atoms with Gasteiger partial charge in [0.15, 0.2) is 0 Å². The Morgan fingerprint density at radius 3 is 2.44 bits per heavy atom. The van der Waals surface area contributed by atoms with Crippen molar-refractivity contribution in [1.82, 2.24) is 15.2 Å². The summed E-state index contributed by atoms with van der Waals surface area (Å²) in [6, 6.07) is 11.1. The second-order valence-electron chi connectivity index (χ2n) is 11.8. The van der Waals surface area contributed by atoms with Crippen molar-refractivity contribution >= 4 is 23.2 Å². The van der Waals surface area contributed by atoms with Crippen molar-refractivity contribution < 1.29 is 23.5 Å². The Morgan fingerprint density at radius 2 is 1.82 bits per heavy atom. The van der Waals surface area contributed by atoms with Gasteiger partial charge in [0.1, 0.15) is 16.6 Å². The van der Waals surface area contributed by atoms with Crippen LogP contribution in [0.4, 0.5) is 8.78 Å². The highest BCUT2D eigenvalue weighted by Gasteiger charge is 2.48. The molecule has 4 N–H and O–H groups in total. The molecule has 240 valence electrons. The first kappa shape index (κ1) is 34.1. The van der Waals surface area contributed by atoms with Crippen molar-refractivity contribution in [2.75, 3.05) is 19.6 Å². The number of benzene rings is 2. The van der Waals surface area contributed by atoms with Gasteiger partial charge in [-0.2, -0.15) is 0 Å². The van der Waals surface area contributed by atoms with Gasteiger partial charge >= 0.3 is 0 Å². The number of nitrogens with one attached hydrogen (secondary N) is 1. The minimum atomic E-state index is -1.48. The lowest BCUT2D eigenvalue weighted by molar-refractivity contribution is -0.132. The minimum absolute atomic E-state index is 0.0299. The van der Waals surface area contributed by atoms with E-state index in [4.69, 9.17) is 5.73 Å². The van der Waals surface area contributed by atoms with E-state index in [0.29, 0.717) is 30.8 Å². The van der Waals surface area contributed by atoms with Crippen LogP contribution in [0.2, 0.25) is 0 Å². The summed E-state index contributed by atoms with van der Waals surface area (Å²) < 4.78 is 28.6. The Morgan fingerprint density at radius 1 is 1.11 bits per heavy atom. The monoisotopic (exact) mass is 636 g/mol. The summed E-state index contributed by atoms with van der Waals surface area (Å²) in [6.07, 6.45) is 5.54. The van der Waals surface area contributed by atoms with Gasteiger partial charge in [0, 0.05) is 60.9 Å². The molecule has 4 rings (SSSR count). The molecule has 3 atom stereocenters. The maximum absolute atomic E-state index is 14.3. The van der Waals surface area contributed by atoms with E-state index in [1.54, 1.807) is 41.5 Å². The Labute approximate surface area is 267 Å². The lowest BCUT2D eigenvalue weighted by Crippen LogP contribution is -2.51. The third-order valence-electron chi connectivity index (χ3n) is 8.17. The van der Waals surface area contributed by atoms with E-state index < -0.39 is 35.0 Å². The highest BCUT2D eigenvalue weighted by atomic mass is 32.1. The zero-order valence-corrected chi connectivity index (χ0v) is 26.9. The molecular weight excluding hydrogens is 594 g/mol. The highest BCUT2D eigenvalue weighted by molar-refractivity contribution is 7.13. The van der Waals surface area contributed by atoms with Crippen LogP contribution in [0.15, 0.2) is 77.3 Å². The first-order chi connectivity index (χ1) is 21.6. The van der Waals surface area contributed by atoms with Gasteiger partial charge in [-0.25, -0.2) is 13.8 Å². The third kappa shape index (κ3) is 8.51. The quantitative estimate of drug-likeness (QED) is 0.196. The van der Waals surface area contributed by atoms with Gasteiger partial charge in [0.25, 0.3) is 0 Å². The van der Waals surface area contributed by atoms with Crippen molar-refractivity contribution in [1.29, 1.82) is 0 Å². The summed E-state index contributed by atoms with van der Waals surface area (Å²) in [5.74, 6) is -3.31. The van der Waals surface area contributed by atoms with Gasteiger partial charge in [-0.1, -0.05) is 49.8 Å². The van der Waals surface area contributed by atoms with Gasteiger partial charge in [0.05, 0.1) is 11.5 Å². The number of nitrogens with zero attached hydrogens (tertiary/aromatic N) is 2. The summed E-state index contributed by atoms with van der Waals surface area (Å²) >= 11 is 1.54. The predicted octanol–water partition coefficient (Wildman–Crippen LogP) is 5.79. The van der Waals surface area contributed by atoms with Crippen LogP contribution >= 0.6 is 11.3 Å². The standard InChI is InChI=1S/C35H42F2N4O3S/c1-4-10-41(11-5-2)33(43)27-13-23(3)19-35(20-27,34(38)44)30(17-25-15-28(36)18-29(37)16-25)31(42)22-39-21-24-7-6-8-26(14-24)32-40-9-12-45-32/h6-9,12-16,18-19,30-31,39,42H,4-5,10-11,17,20-22H2,1-3H3,(H2,38,44)/t30-,31+,35?/m1/s1. The largest absolute Gasteiger partial charge is 0.391 e. The number of primary amides is 1. The number of amides is 2. The van der Waals surface area contributed by atoms with Crippen LogP contribution in [-0.4, -0.2) is 52.5 Å². The van der Waals surface area contributed by atoms with E-state index in [2.05, 4.69) is 10.3 Å². The molecule has 0 saturated carbocycles. The van der Waals surface area contributed by atoms with Gasteiger partial charge in [0.2, 0.25) is 11.8 Å². The molecule has 0 aliphatic heterocycles. The van der Waals surface area contributed by atoms with E-state index in [-0.39, 0.29) is 30.9 Å². The molecule has 2 amide bonds. The summed E-state index contributed by atoms with van der Waals surface area (Å²) in [6.45, 7) is 7.40. The van der Waals surface area contributed by atoms with E-state index in [1.807, 2.05) is 43.5 Å². The zero-order valence-electron chi connectivity index (χ0n) is 26.1. The van der Waals surface area contributed by atoms with Gasteiger partial charge in [-0.05, 0) is 61.9 Å². The van der Waals surface area contributed by atoms with E-state index in [1.165, 1.54) is 12.1 Å². The number of carbonyl (C=O) groups is 2. The van der Waals surface area contributed by atoms with Crippen LogP contribution in [-0.2, 0) is 22.6 Å². The summed E-state index contributed by atoms with van der Waals surface area (Å²) in [4.78, 5) is 33.3. The molecule has 7 nitrogen and oxygen atoms in total. The SMILES string of the molecule is CCCN(CCC)C(=O)C1=CC(C)=CC(C(N)=O)([C@H](Cc2cc(F)cc(F)c2)[C@@H](O)CNCc2cccc(-c3nccs3)c2)C1. The topological polar surface area (TPSA) is 109 Å². The Hall–Kier alpha value is -3.73. The van der Waals surface area contributed by atoms with Crippen LogP contribution in [0.5, 0.6) is 0 Å². The van der Waals surface area contributed by atoms with Gasteiger partial charge in [-0.15, -0.1) is 11.3 Å². The average molecular weight is 637 g/mol. The summed E-state index contributed by atoms with van der Waals surface area (Å²) in [7, 11) is 0. The molecule has 2 aromatic carbocycles. The molecule has 0 saturated heterocycles. The molecule has 1 aliphatic carbocycles. The van der Waals surface area contributed by atoms with Crippen LogP contribution in [0.1, 0.15) is 51.2 Å². The lowest BCUT2D eigenvalue weighted by Gasteiger charge is -2.42. The first-order valence-corrected chi connectivity index (χ1v) is 16.3. The molecule has 3 aromatic rings. The number of allylic oxidation sites excluding steroid dienone is 2. The fraction of sp³-hybridized carbons (Fsp3) is 0.400. The smallest absolute Gasteiger partial charge is 0.249 e. The minimum Gasteiger partial charge on any atom is -0.391 e. The fourth-order valence-corrected chi connectivity index (χ4v) is 6.88. The third-order valence-corrected chi connectivity index (χ3v) is 8.99. The number of halogens is 2. The van der Waals surface area contributed by atoms with Crippen LogP contribution in [0, 0.1) is 23.0 Å². The first-order valence-electron chi connectivity index (χ1n) is 15.4. The van der Waals surface area contributed by atoms with Gasteiger partial charge in [-0.3, -0.25) is 9.59 Å². The molecular formula is C35H42F2N4O3S. The number of aliphatic hydroxyl groups excluding tert-OH is 1. The molecule has 45 heavy (non-hydrogen) atoms. The number of carbonyl (C=O) groups excluding carboxylic acids is 2. The van der Waals surface area contributed by atoms with Crippen molar-refractivity contribution in [2.24, 2.45) is 17.1 Å². The van der Waals surface area contributed by atoms with Crippen LogP contribution < -0.4 is 11.1 Å². The molecule has 0 fully saturated rings. The Balaban J connectivity index is 1.64. The molecule has 0 spiro atoms. The molecule has 10 heteroatoms. The molecule has 0 bridgehead atoms. The summed E-state index contributed by atoms with van der Waals surface area (Å²) in [5.41, 5.74) is 7.96. The van der Waals surface area contributed by atoms with E-state index >= 15 is 0 Å². The maximum Gasteiger partial charge on any atom is 0.249 e. The van der Waals surface area contributed by atoms with Crippen molar-refractivity contribution in [3.8, 4) is 10.6 Å². The normalized spacial score (nSPS) is 17.7. The molecule has 1 aromatic heterocycles. The van der Waals surface area contributed by atoms with E-state index in [0.717, 1.165) is 35.0 Å². The molecule has 0 radical (unpaired) electrons. The van der Waals surface area contributed by atoms with E-state index in [9.17, 15) is 23.5 Å². The fourth-order valence-electron chi connectivity index (χ4n) is 6.25. The number of hydrogen-bond donors (Lipinski definition) is 3. The number of thiazole rings is 1. The second-order valence-corrected chi connectivity index (χ2v) is 12.7. The van der Waals surface area contributed by atoms with Gasteiger partial charge < -0.3 is 21.1 Å². The van der Waals surface area contributed by atoms with Crippen molar-refractivity contribution in [3.05, 3.63) is 100 Å². The second kappa shape index (κ2) is 15.5. The van der Waals surface area contributed by atoms with Crippen molar-refractivity contribution in [3.63, 3.8) is 0 Å². The Bertz CT molecular complexity index is 1520. The molecule has 1 unspecified atom stereocenters. The number of aliphatic hydroxyl groups is 1. The van der Waals surface area contributed by atoms with Crippen LogP contribution in [0.3, 0.4) is 0 Å². The molecule has 1 aliphatic rings. The lowest BCUT2D eigenvalue weighted by atomic mass is 9.63. The zero-order chi connectivity index (χ0) is 32.6. The summed E-state index contributed by atoms with van der Waals surface area (Å²) in [5, 5.41) is 17.8. The number of rotatable bonds is 15.